The summed E-state index contributed by atoms with van der Waals surface area (Å²) >= 11 is 0. The van der Waals surface area contributed by atoms with E-state index in [0.717, 1.165) is 0 Å². The molecule has 1 aromatic carbocycles. The summed E-state index contributed by atoms with van der Waals surface area (Å²) in [6, 6.07) is 11.0. The van der Waals surface area contributed by atoms with E-state index in [-0.39, 0.29) is 0 Å². The first-order chi connectivity index (χ1) is 8.09. The van der Waals surface area contributed by atoms with Crippen LogP contribution < -0.4 is 0 Å². The van der Waals surface area contributed by atoms with Gasteiger partial charge in [0, 0.05) is 18.1 Å². The fourth-order valence-corrected chi connectivity index (χ4v) is 2.12. The third-order valence-electron chi connectivity index (χ3n) is 3.22. The van der Waals surface area contributed by atoms with E-state index in [1.165, 1.54) is 16.8 Å². The monoisotopic (exact) mass is 227 g/mol. The molecule has 0 saturated heterocycles. The lowest BCUT2D eigenvalue weighted by molar-refractivity contribution is 0.821. The fraction of sp³-hybridized carbons (Fsp3) is 0.375. The van der Waals surface area contributed by atoms with Gasteiger partial charge in [-0.15, -0.1) is 0 Å². The number of hydrogen-bond acceptors (Lipinski definition) is 0. The summed E-state index contributed by atoms with van der Waals surface area (Å²) in [5.74, 6) is 1.14. The predicted octanol–water partition coefficient (Wildman–Crippen LogP) is 4.72. The summed E-state index contributed by atoms with van der Waals surface area (Å²) in [4.78, 5) is 0. The lowest BCUT2D eigenvalue weighted by atomic mass is 9.94. The van der Waals surface area contributed by atoms with Crippen LogP contribution in [-0.2, 0) is 0 Å². The SMILES string of the molecule is CC(C)c1ccc(-n2cccc2)c(C(C)C)c1. The van der Waals surface area contributed by atoms with Crippen LogP contribution in [0, 0.1) is 0 Å². The van der Waals surface area contributed by atoms with Gasteiger partial charge in [0.05, 0.1) is 0 Å². The molecule has 17 heavy (non-hydrogen) atoms. The molecular weight excluding hydrogens is 206 g/mol. The molecule has 0 bridgehead atoms. The zero-order valence-corrected chi connectivity index (χ0v) is 11.1. The van der Waals surface area contributed by atoms with Gasteiger partial charge in [-0.2, -0.15) is 0 Å². The number of hydrogen-bond donors (Lipinski definition) is 0. The highest BCUT2D eigenvalue weighted by molar-refractivity contribution is 5.46. The molecule has 1 heteroatoms. The molecule has 2 aromatic rings. The lowest BCUT2D eigenvalue weighted by Gasteiger charge is -2.17. The van der Waals surface area contributed by atoms with Gasteiger partial charge >= 0.3 is 0 Å². The molecule has 0 aliphatic rings. The normalized spacial score (nSPS) is 11.4. The van der Waals surface area contributed by atoms with Crippen molar-refractivity contribution in [2.75, 3.05) is 0 Å². The van der Waals surface area contributed by atoms with Gasteiger partial charge in [0.1, 0.15) is 0 Å². The number of rotatable bonds is 3. The molecule has 0 radical (unpaired) electrons. The maximum Gasteiger partial charge on any atom is 0.0484 e. The Morgan fingerprint density at radius 1 is 0.882 bits per heavy atom. The van der Waals surface area contributed by atoms with Crippen molar-refractivity contribution in [1.82, 2.24) is 4.57 Å². The second-order valence-electron chi connectivity index (χ2n) is 5.22. The van der Waals surface area contributed by atoms with E-state index >= 15 is 0 Å². The average Bonchev–Trinajstić information content (AvgIpc) is 2.81. The van der Waals surface area contributed by atoms with E-state index < -0.39 is 0 Å². The standard InChI is InChI=1S/C16H21N/c1-12(2)14-7-8-16(15(11-14)13(3)4)17-9-5-6-10-17/h5-13H,1-4H3. The smallest absolute Gasteiger partial charge is 0.0484 e. The maximum absolute atomic E-state index is 2.35. The molecule has 1 nitrogen and oxygen atoms in total. The molecule has 1 aromatic heterocycles. The van der Waals surface area contributed by atoms with E-state index in [4.69, 9.17) is 0 Å². The van der Waals surface area contributed by atoms with E-state index in [9.17, 15) is 0 Å². The largest absolute Gasteiger partial charge is 0.324 e. The van der Waals surface area contributed by atoms with Gasteiger partial charge in [-0.1, -0.05) is 39.8 Å². The Morgan fingerprint density at radius 3 is 2.06 bits per heavy atom. The summed E-state index contributed by atoms with van der Waals surface area (Å²) in [6.07, 6.45) is 4.21. The van der Waals surface area contributed by atoms with Gasteiger partial charge in [-0.05, 0) is 41.2 Å². The van der Waals surface area contributed by atoms with Crippen LogP contribution in [0.3, 0.4) is 0 Å². The van der Waals surface area contributed by atoms with E-state index in [1.807, 2.05) is 0 Å². The minimum atomic E-state index is 0.547. The van der Waals surface area contributed by atoms with Crippen LogP contribution in [0.15, 0.2) is 42.7 Å². The number of benzene rings is 1. The van der Waals surface area contributed by atoms with E-state index in [1.54, 1.807) is 0 Å². The summed E-state index contributed by atoms with van der Waals surface area (Å²) < 4.78 is 2.19. The van der Waals surface area contributed by atoms with Crippen molar-refractivity contribution >= 4 is 0 Å². The van der Waals surface area contributed by atoms with Crippen LogP contribution >= 0.6 is 0 Å². The van der Waals surface area contributed by atoms with Gasteiger partial charge in [0.15, 0.2) is 0 Å². The van der Waals surface area contributed by atoms with Crippen molar-refractivity contribution in [2.24, 2.45) is 0 Å². The Kier molecular flexibility index (Phi) is 3.37. The summed E-state index contributed by atoms with van der Waals surface area (Å²) in [5, 5.41) is 0. The molecule has 2 rings (SSSR count). The average molecular weight is 227 g/mol. The molecular formula is C16H21N. The fourth-order valence-electron chi connectivity index (χ4n) is 2.12. The van der Waals surface area contributed by atoms with E-state index in [0.29, 0.717) is 11.8 Å². The Morgan fingerprint density at radius 2 is 1.53 bits per heavy atom. The second kappa shape index (κ2) is 4.79. The number of nitrogens with zero attached hydrogens (tertiary/aromatic N) is 1. The van der Waals surface area contributed by atoms with Crippen molar-refractivity contribution in [1.29, 1.82) is 0 Å². The van der Waals surface area contributed by atoms with Gasteiger partial charge in [0.2, 0.25) is 0 Å². The highest BCUT2D eigenvalue weighted by atomic mass is 14.9. The van der Waals surface area contributed by atoms with Crippen LogP contribution in [0.5, 0.6) is 0 Å². The Hall–Kier alpha value is -1.50. The zero-order valence-electron chi connectivity index (χ0n) is 11.1. The minimum absolute atomic E-state index is 0.547. The van der Waals surface area contributed by atoms with Crippen molar-refractivity contribution in [3.8, 4) is 5.69 Å². The molecule has 0 aliphatic heterocycles. The summed E-state index contributed by atoms with van der Waals surface area (Å²) in [7, 11) is 0. The maximum atomic E-state index is 2.35. The Labute approximate surface area is 104 Å². The molecule has 90 valence electrons. The first-order valence-corrected chi connectivity index (χ1v) is 6.36. The third kappa shape index (κ3) is 2.44. The summed E-state index contributed by atoms with van der Waals surface area (Å²) in [5.41, 5.74) is 4.14. The van der Waals surface area contributed by atoms with Gasteiger partial charge in [-0.25, -0.2) is 0 Å². The molecule has 0 fully saturated rings. The van der Waals surface area contributed by atoms with Crippen LogP contribution in [0.4, 0.5) is 0 Å². The van der Waals surface area contributed by atoms with E-state index in [2.05, 4.69) is 75.0 Å². The molecule has 0 atom stereocenters. The predicted molar refractivity (Wildman–Crippen MR) is 73.9 cm³/mol. The van der Waals surface area contributed by atoms with Crippen molar-refractivity contribution < 1.29 is 0 Å². The Balaban J connectivity index is 2.53. The highest BCUT2D eigenvalue weighted by Crippen LogP contribution is 2.27. The Bertz CT molecular complexity index is 478. The zero-order chi connectivity index (χ0) is 12.4. The minimum Gasteiger partial charge on any atom is -0.324 e. The van der Waals surface area contributed by atoms with Crippen molar-refractivity contribution in [2.45, 2.75) is 39.5 Å². The van der Waals surface area contributed by atoms with Crippen LogP contribution in [0.2, 0.25) is 0 Å². The van der Waals surface area contributed by atoms with Crippen molar-refractivity contribution in [3.05, 3.63) is 53.9 Å². The highest BCUT2D eigenvalue weighted by Gasteiger charge is 2.10. The number of aromatic nitrogens is 1. The van der Waals surface area contributed by atoms with Gasteiger partial charge in [0.25, 0.3) is 0 Å². The molecule has 0 spiro atoms. The first kappa shape index (κ1) is 12.0. The third-order valence-corrected chi connectivity index (χ3v) is 3.22. The molecule has 1 heterocycles. The molecule has 0 N–H and O–H groups in total. The topological polar surface area (TPSA) is 4.93 Å². The molecule has 0 amide bonds. The molecule has 0 aliphatic carbocycles. The first-order valence-electron chi connectivity index (χ1n) is 6.36. The lowest BCUT2D eigenvalue weighted by Crippen LogP contribution is -2.01. The van der Waals surface area contributed by atoms with Crippen LogP contribution in [0.1, 0.15) is 50.7 Å². The summed E-state index contributed by atoms with van der Waals surface area (Å²) in [6.45, 7) is 9.00. The van der Waals surface area contributed by atoms with Gasteiger partial charge in [-0.3, -0.25) is 0 Å². The van der Waals surface area contributed by atoms with Crippen molar-refractivity contribution in [3.63, 3.8) is 0 Å². The van der Waals surface area contributed by atoms with Crippen LogP contribution in [-0.4, -0.2) is 4.57 Å². The second-order valence-corrected chi connectivity index (χ2v) is 5.22. The molecule has 0 unspecified atom stereocenters. The van der Waals surface area contributed by atoms with Crippen LogP contribution in [0.25, 0.3) is 5.69 Å². The van der Waals surface area contributed by atoms with Gasteiger partial charge < -0.3 is 4.57 Å². The molecule has 0 saturated carbocycles. The quantitative estimate of drug-likeness (QED) is 0.714.